The molecule has 0 bridgehead atoms. The van der Waals surface area contributed by atoms with Gasteiger partial charge in [-0.15, -0.1) is 0 Å². The molecule has 0 aliphatic rings. The number of hydrogen-bond acceptors (Lipinski definition) is 1. The maximum absolute atomic E-state index is 2.41. The van der Waals surface area contributed by atoms with Gasteiger partial charge in [-0.1, -0.05) is 115 Å². The lowest BCUT2D eigenvalue weighted by atomic mass is 9.98. The minimum atomic E-state index is 1.11. The second-order valence-corrected chi connectivity index (χ2v) is 13.0. The Hall–Kier alpha value is -6.84. The highest BCUT2D eigenvalue weighted by atomic mass is 15.1. The first-order chi connectivity index (χ1) is 25.3. The summed E-state index contributed by atoms with van der Waals surface area (Å²) in [6, 6.07) is 72.1. The minimum Gasteiger partial charge on any atom is -0.310 e. The average Bonchev–Trinajstić information content (AvgIpc) is 3.72. The third kappa shape index (κ3) is 4.74. The maximum atomic E-state index is 2.41. The summed E-state index contributed by atoms with van der Waals surface area (Å²) in [5, 5.41) is 4.96. The zero-order valence-corrected chi connectivity index (χ0v) is 27.9. The standard InChI is InChI=1S/C48H33N3/c1-5-16-35(17-6-1)49(36-18-7-2-8-19-36)39-29-31-45-43(33-39)48-40(25-15-27-46(48)50(45)37-20-9-3-10-21-37)34-28-30-42-41-24-13-14-26-44(41)51(47(42)32-34)38-22-11-4-12-23-38/h1-33H. The molecule has 0 aliphatic carbocycles. The lowest BCUT2D eigenvalue weighted by Crippen LogP contribution is -2.09. The van der Waals surface area contributed by atoms with Crippen molar-refractivity contribution in [3.63, 3.8) is 0 Å². The third-order valence-electron chi connectivity index (χ3n) is 10.1. The van der Waals surface area contributed by atoms with Crippen LogP contribution >= 0.6 is 0 Å². The number of fused-ring (bicyclic) bond motifs is 6. The van der Waals surface area contributed by atoms with Crippen molar-refractivity contribution < 1.29 is 0 Å². The minimum absolute atomic E-state index is 1.11. The fourth-order valence-corrected chi connectivity index (χ4v) is 7.89. The lowest BCUT2D eigenvalue weighted by molar-refractivity contribution is 1.18. The van der Waals surface area contributed by atoms with Crippen LogP contribution in [0, 0.1) is 0 Å². The van der Waals surface area contributed by atoms with Gasteiger partial charge in [0.05, 0.1) is 22.1 Å². The lowest BCUT2D eigenvalue weighted by Gasteiger charge is -2.25. The molecular formula is C48H33N3. The fraction of sp³-hybridized carbons (Fsp3) is 0. The maximum Gasteiger partial charge on any atom is 0.0547 e. The van der Waals surface area contributed by atoms with Crippen LogP contribution < -0.4 is 4.90 Å². The van der Waals surface area contributed by atoms with Crippen LogP contribution in [0.4, 0.5) is 17.1 Å². The number of rotatable bonds is 6. The van der Waals surface area contributed by atoms with Crippen molar-refractivity contribution in [2.45, 2.75) is 0 Å². The van der Waals surface area contributed by atoms with Crippen LogP contribution in [0.2, 0.25) is 0 Å². The van der Waals surface area contributed by atoms with Gasteiger partial charge in [0, 0.05) is 50.0 Å². The molecule has 0 radical (unpaired) electrons. The van der Waals surface area contributed by atoms with Crippen LogP contribution in [0.25, 0.3) is 66.1 Å². The van der Waals surface area contributed by atoms with Gasteiger partial charge in [0.15, 0.2) is 0 Å². The van der Waals surface area contributed by atoms with Gasteiger partial charge in [0.2, 0.25) is 0 Å². The van der Waals surface area contributed by atoms with E-state index in [2.05, 4.69) is 214 Å². The van der Waals surface area contributed by atoms with Crippen LogP contribution in [0.1, 0.15) is 0 Å². The second-order valence-electron chi connectivity index (χ2n) is 13.0. The Balaban J connectivity index is 1.27. The van der Waals surface area contributed by atoms with Gasteiger partial charge in [-0.2, -0.15) is 0 Å². The summed E-state index contributed by atoms with van der Waals surface area (Å²) in [6.45, 7) is 0. The van der Waals surface area contributed by atoms with Crippen molar-refractivity contribution in [2.75, 3.05) is 4.90 Å². The van der Waals surface area contributed by atoms with E-state index >= 15 is 0 Å². The predicted octanol–water partition coefficient (Wildman–Crippen LogP) is 13.0. The van der Waals surface area contributed by atoms with Crippen molar-refractivity contribution in [2.24, 2.45) is 0 Å². The number of aromatic nitrogens is 2. The Morgan fingerprint density at radius 2 is 0.843 bits per heavy atom. The number of hydrogen-bond donors (Lipinski definition) is 0. The molecule has 0 aliphatic heterocycles. The normalized spacial score (nSPS) is 11.5. The van der Waals surface area contributed by atoms with Crippen molar-refractivity contribution >= 4 is 60.7 Å². The van der Waals surface area contributed by atoms with E-state index in [1.54, 1.807) is 0 Å². The zero-order chi connectivity index (χ0) is 33.7. The monoisotopic (exact) mass is 651 g/mol. The molecule has 0 amide bonds. The average molecular weight is 652 g/mol. The Labute approximate surface area is 296 Å². The van der Waals surface area contributed by atoms with Crippen LogP contribution in [-0.4, -0.2) is 9.13 Å². The summed E-state index contributed by atoms with van der Waals surface area (Å²) in [4.78, 5) is 2.35. The first kappa shape index (κ1) is 29.1. The highest BCUT2D eigenvalue weighted by Crippen LogP contribution is 2.43. The van der Waals surface area contributed by atoms with E-state index in [0.29, 0.717) is 0 Å². The van der Waals surface area contributed by atoms with Crippen LogP contribution in [0.5, 0.6) is 0 Å². The molecule has 0 spiro atoms. The van der Waals surface area contributed by atoms with E-state index in [1.807, 2.05) is 0 Å². The predicted molar refractivity (Wildman–Crippen MR) is 215 cm³/mol. The van der Waals surface area contributed by atoms with Crippen molar-refractivity contribution in [3.05, 3.63) is 200 Å². The Morgan fingerprint density at radius 1 is 0.314 bits per heavy atom. The Kier molecular flexibility index (Phi) is 6.81. The van der Waals surface area contributed by atoms with Crippen molar-refractivity contribution in [1.29, 1.82) is 0 Å². The first-order valence-electron chi connectivity index (χ1n) is 17.5. The summed E-state index contributed by atoms with van der Waals surface area (Å²) in [5.74, 6) is 0. The number of nitrogens with zero attached hydrogens (tertiary/aromatic N) is 3. The molecule has 0 atom stereocenters. The molecule has 3 heteroatoms. The molecule has 0 fully saturated rings. The van der Waals surface area contributed by atoms with E-state index < -0.39 is 0 Å². The van der Waals surface area contributed by atoms with E-state index in [9.17, 15) is 0 Å². The topological polar surface area (TPSA) is 13.1 Å². The molecule has 0 N–H and O–H groups in total. The zero-order valence-electron chi connectivity index (χ0n) is 27.9. The van der Waals surface area contributed by atoms with Crippen LogP contribution in [-0.2, 0) is 0 Å². The van der Waals surface area contributed by atoms with Gasteiger partial charge in [-0.05, 0) is 96.1 Å². The number of para-hydroxylation sites is 5. The van der Waals surface area contributed by atoms with Gasteiger partial charge in [-0.25, -0.2) is 0 Å². The van der Waals surface area contributed by atoms with Crippen molar-refractivity contribution in [1.82, 2.24) is 9.13 Å². The van der Waals surface area contributed by atoms with E-state index in [-0.39, 0.29) is 0 Å². The third-order valence-corrected chi connectivity index (χ3v) is 10.1. The SMILES string of the molecule is c1ccc(N(c2ccccc2)c2ccc3c(c2)c2c(-c4ccc5c6ccccc6n(-c6ccccc6)c5c4)cccc2n3-c2ccccc2)cc1. The molecule has 0 saturated heterocycles. The molecular weight excluding hydrogens is 619 g/mol. The van der Waals surface area contributed by atoms with Gasteiger partial charge >= 0.3 is 0 Å². The summed E-state index contributed by atoms with van der Waals surface area (Å²) in [7, 11) is 0. The summed E-state index contributed by atoms with van der Waals surface area (Å²) in [6.07, 6.45) is 0. The molecule has 2 aromatic heterocycles. The highest BCUT2D eigenvalue weighted by molar-refractivity contribution is 6.18. The Morgan fingerprint density at radius 3 is 1.51 bits per heavy atom. The Bertz CT molecular complexity index is 2790. The van der Waals surface area contributed by atoms with Crippen LogP contribution in [0.3, 0.4) is 0 Å². The first-order valence-corrected chi connectivity index (χ1v) is 17.5. The summed E-state index contributed by atoms with van der Waals surface area (Å²) in [5.41, 5.74) is 12.8. The van der Waals surface area contributed by atoms with Gasteiger partial charge < -0.3 is 14.0 Å². The second kappa shape index (κ2) is 11.9. The molecule has 2 heterocycles. The van der Waals surface area contributed by atoms with Gasteiger partial charge in [0.1, 0.15) is 0 Å². The molecule has 240 valence electrons. The number of anilines is 3. The van der Waals surface area contributed by atoms with Crippen LogP contribution in [0.15, 0.2) is 200 Å². The highest BCUT2D eigenvalue weighted by Gasteiger charge is 2.20. The van der Waals surface area contributed by atoms with E-state index in [0.717, 1.165) is 28.4 Å². The van der Waals surface area contributed by atoms with Gasteiger partial charge in [-0.3, -0.25) is 0 Å². The summed E-state index contributed by atoms with van der Waals surface area (Å²) >= 11 is 0. The fourth-order valence-electron chi connectivity index (χ4n) is 7.89. The van der Waals surface area contributed by atoms with E-state index in [1.165, 1.54) is 54.7 Å². The van der Waals surface area contributed by atoms with Gasteiger partial charge in [0.25, 0.3) is 0 Å². The number of benzene rings is 8. The quantitative estimate of drug-likeness (QED) is 0.174. The van der Waals surface area contributed by atoms with Crippen molar-refractivity contribution in [3.8, 4) is 22.5 Å². The largest absolute Gasteiger partial charge is 0.310 e. The molecule has 0 unspecified atom stereocenters. The smallest absolute Gasteiger partial charge is 0.0547 e. The van der Waals surface area contributed by atoms with E-state index in [4.69, 9.17) is 0 Å². The molecule has 51 heavy (non-hydrogen) atoms. The molecule has 8 aromatic carbocycles. The molecule has 3 nitrogen and oxygen atoms in total. The summed E-state index contributed by atoms with van der Waals surface area (Å²) < 4.78 is 4.81. The molecule has 10 aromatic rings. The molecule has 10 rings (SSSR count). The molecule has 0 saturated carbocycles.